The summed E-state index contributed by atoms with van der Waals surface area (Å²) in [6.45, 7) is 0. The molecule has 15 heavy (non-hydrogen) atoms. The predicted octanol–water partition coefficient (Wildman–Crippen LogP) is 0.0990. The van der Waals surface area contributed by atoms with Crippen molar-refractivity contribution in [2.45, 2.75) is 11.3 Å². The second-order valence-corrected chi connectivity index (χ2v) is 4.09. The molecule has 1 aromatic rings. The summed E-state index contributed by atoms with van der Waals surface area (Å²) in [6.07, 6.45) is -3.01. The lowest BCUT2D eigenvalue weighted by Crippen LogP contribution is -2.22. The number of pyridine rings is 1. The summed E-state index contributed by atoms with van der Waals surface area (Å²) in [5.74, 6) is -1.85. The molecule has 0 saturated carbocycles. The summed E-state index contributed by atoms with van der Waals surface area (Å²) < 4.78 is 59.0. The van der Waals surface area contributed by atoms with Crippen LogP contribution in [-0.4, -0.2) is 13.4 Å². The average Bonchev–Trinajstić information content (AvgIpc) is 2.06. The molecule has 1 heterocycles. The van der Waals surface area contributed by atoms with Gasteiger partial charge in [-0.05, 0) is 0 Å². The lowest BCUT2D eigenvalue weighted by molar-refractivity contribution is 0.142. The van der Waals surface area contributed by atoms with Crippen molar-refractivity contribution in [3.63, 3.8) is 0 Å². The Morgan fingerprint density at radius 2 is 1.93 bits per heavy atom. The van der Waals surface area contributed by atoms with E-state index < -0.39 is 38.3 Å². The van der Waals surface area contributed by atoms with Gasteiger partial charge in [0.05, 0.1) is 5.56 Å². The van der Waals surface area contributed by atoms with Crippen LogP contribution in [0, 0.1) is 5.82 Å². The summed E-state index contributed by atoms with van der Waals surface area (Å²) in [5, 5.41) is 4.56. The van der Waals surface area contributed by atoms with Crippen LogP contribution in [0.2, 0.25) is 0 Å². The maximum atomic E-state index is 12.9. The Balaban J connectivity index is 3.70. The third kappa shape index (κ3) is 2.18. The number of sulfonamides is 1. The quantitative estimate of drug-likeness (QED) is 0.770. The number of nitrogens with one attached hydrogen (secondary N) is 1. The average molecular weight is 242 g/mol. The molecule has 3 N–H and O–H groups in total. The highest BCUT2D eigenvalue weighted by Gasteiger charge is 2.26. The number of H-pyrrole nitrogens is 1. The first kappa shape index (κ1) is 11.7. The number of hydrogen-bond donors (Lipinski definition) is 2. The van der Waals surface area contributed by atoms with Crippen LogP contribution in [0.5, 0.6) is 0 Å². The fourth-order valence-electron chi connectivity index (χ4n) is 0.941. The molecule has 0 saturated heterocycles. The predicted molar refractivity (Wildman–Crippen MR) is 43.4 cm³/mol. The molecule has 84 valence electrons. The Morgan fingerprint density at radius 3 is 2.33 bits per heavy atom. The maximum Gasteiger partial charge on any atom is 0.284 e. The van der Waals surface area contributed by atoms with E-state index in [0.717, 1.165) is 0 Å². The fraction of sp³-hybridized carbons (Fsp3) is 0.167. The molecule has 0 spiro atoms. The number of nitrogens with two attached hydrogens (primary N) is 1. The SMILES string of the molecule is NS(=O)(=O)c1c[nH]c(=O)c(F)c1C(F)F. The zero-order valence-corrected chi connectivity index (χ0v) is 7.82. The summed E-state index contributed by atoms with van der Waals surface area (Å²) in [5.41, 5.74) is -2.95. The van der Waals surface area contributed by atoms with Crippen LogP contribution in [-0.2, 0) is 10.0 Å². The number of rotatable bonds is 2. The molecule has 0 radical (unpaired) electrons. The normalized spacial score (nSPS) is 12.1. The second-order valence-electron chi connectivity index (χ2n) is 2.56. The highest BCUT2D eigenvalue weighted by molar-refractivity contribution is 7.89. The lowest BCUT2D eigenvalue weighted by atomic mass is 10.2. The monoisotopic (exact) mass is 242 g/mol. The Bertz CT molecular complexity index is 537. The third-order valence-corrected chi connectivity index (χ3v) is 2.51. The van der Waals surface area contributed by atoms with Crippen LogP contribution < -0.4 is 10.7 Å². The first-order valence-electron chi connectivity index (χ1n) is 3.47. The molecule has 0 aliphatic heterocycles. The number of hydrogen-bond acceptors (Lipinski definition) is 3. The minimum atomic E-state index is -4.51. The zero-order chi connectivity index (χ0) is 11.8. The topological polar surface area (TPSA) is 93.0 Å². The molecule has 1 rings (SSSR count). The second kappa shape index (κ2) is 3.66. The van der Waals surface area contributed by atoms with Gasteiger partial charge < -0.3 is 4.98 Å². The van der Waals surface area contributed by atoms with Gasteiger partial charge in [-0.3, -0.25) is 4.79 Å². The van der Waals surface area contributed by atoms with Crippen molar-refractivity contribution in [2.24, 2.45) is 5.14 Å². The van der Waals surface area contributed by atoms with Gasteiger partial charge in [0.15, 0.2) is 5.82 Å². The van der Waals surface area contributed by atoms with Crippen LogP contribution in [0.15, 0.2) is 15.9 Å². The molecule has 0 amide bonds. The molecule has 0 aliphatic carbocycles. The Kier molecular flexibility index (Phi) is 2.86. The van der Waals surface area contributed by atoms with E-state index in [4.69, 9.17) is 0 Å². The van der Waals surface area contributed by atoms with Crippen molar-refractivity contribution in [2.75, 3.05) is 0 Å². The molecular weight excluding hydrogens is 237 g/mol. The van der Waals surface area contributed by atoms with Crippen molar-refractivity contribution in [3.05, 3.63) is 27.9 Å². The molecule has 5 nitrogen and oxygen atoms in total. The van der Waals surface area contributed by atoms with E-state index in [1.54, 1.807) is 4.98 Å². The number of aromatic nitrogens is 1. The molecule has 9 heteroatoms. The van der Waals surface area contributed by atoms with E-state index in [2.05, 4.69) is 5.14 Å². The summed E-state index contributed by atoms with van der Waals surface area (Å²) in [7, 11) is -4.51. The molecule has 0 aromatic carbocycles. The van der Waals surface area contributed by atoms with Crippen LogP contribution in [0.1, 0.15) is 12.0 Å². The lowest BCUT2D eigenvalue weighted by Gasteiger charge is -2.06. The van der Waals surface area contributed by atoms with Crippen LogP contribution in [0.25, 0.3) is 0 Å². The highest BCUT2D eigenvalue weighted by atomic mass is 32.2. The molecule has 0 aliphatic rings. The standard InChI is InChI=1S/C6H5F3N2O3S/c7-4-3(5(8)9)2(15(10,13)14)1-11-6(4)12/h1,5H,(H,11,12)(H2,10,13,14). The summed E-state index contributed by atoms with van der Waals surface area (Å²) >= 11 is 0. The summed E-state index contributed by atoms with van der Waals surface area (Å²) in [4.78, 5) is 11.1. The van der Waals surface area contributed by atoms with Crippen LogP contribution in [0.4, 0.5) is 13.2 Å². The zero-order valence-electron chi connectivity index (χ0n) is 7.00. The van der Waals surface area contributed by atoms with Gasteiger partial charge in [0, 0.05) is 6.20 Å². The van der Waals surface area contributed by atoms with Crippen molar-refractivity contribution < 1.29 is 21.6 Å². The van der Waals surface area contributed by atoms with Gasteiger partial charge in [-0.25, -0.2) is 26.7 Å². The molecule has 0 bridgehead atoms. The van der Waals surface area contributed by atoms with Gasteiger partial charge in [0.1, 0.15) is 4.90 Å². The van der Waals surface area contributed by atoms with Crippen molar-refractivity contribution >= 4 is 10.0 Å². The largest absolute Gasteiger partial charge is 0.325 e. The number of primary sulfonamides is 1. The molecule has 1 aromatic heterocycles. The van der Waals surface area contributed by atoms with Crippen LogP contribution >= 0.6 is 0 Å². The van der Waals surface area contributed by atoms with Gasteiger partial charge in [-0.1, -0.05) is 0 Å². The molecule has 0 fully saturated rings. The Morgan fingerprint density at radius 1 is 1.40 bits per heavy atom. The van der Waals surface area contributed by atoms with Gasteiger partial charge in [0.25, 0.3) is 12.0 Å². The fourth-order valence-corrected chi connectivity index (χ4v) is 1.65. The number of halogens is 3. The van der Waals surface area contributed by atoms with E-state index in [0.29, 0.717) is 6.20 Å². The smallest absolute Gasteiger partial charge is 0.284 e. The molecule has 0 unspecified atom stereocenters. The first-order valence-corrected chi connectivity index (χ1v) is 5.02. The van der Waals surface area contributed by atoms with Gasteiger partial charge in [0.2, 0.25) is 10.0 Å². The van der Waals surface area contributed by atoms with E-state index in [1.807, 2.05) is 0 Å². The Labute approximate surface area is 81.8 Å². The van der Waals surface area contributed by atoms with Crippen molar-refractivity contribution in [1.82, 2.24) is 4.98 Å². The first-order chi connectivity index (χ1) is 6.75. The number of aromatic amines is 1. The summed E-state index contributed by atoms with van der Waals surface area (Å²) in [6, 6.07) is 0. The van der Waals surface area contributed by atoms with Crippen molar-refractivity contribution in [3.8, 4) is 0 Å². The maximum absolute atomic E-state index is 12.9. The van der Waals surface area contributed by atoms with Crippen molar-refractivity contribution in [1.29, 1.82) is 0 Å². The van der Waals surface area contributed by atoms with Gasteiger partial charge in [-0.15, -0.1) is 0 Å². The molecule has 0 atom stereocenters. The third-order valence-electron chi connectivity index (χ3n) is 1.56. The minimum absolute atomic E-state index is 0.433. The van der Waals surface area contributed by atoms with E-state index >= 15 is 0 Å². The van der Waals surface area contributed by atoms with Gasteiger partial charge >= 0.3 is 0 Å². The highest BCUT2D eigenvalue weighted by Crippen LogP contribution is 2.25. The van der Waals surface area contributed by atoms with E-state index in [1.165, 1.54) is 0 Å². The Hall–Kier alpha value is -1.35. The van der Waals surface area contributed by atoms with Gasteiger partial charge in [-0.2, -0.15) is 0 Å². The van der Waals surface area contributed by atoms with E-state index in [9.17, 15) is 26.4 Å². The molecular formula is C6H5F3N2O3S. The van der Waals surface area contributed by atoms with E-state index in [-0.39, 0.29) is 0 Å². The number of alkyl halides is 2. The minimum Gasteiger partial charge on any atom is -0.325 e. The van der Waals surface area contributed by atoms with Crippen LogP contribution in [0.3, 0.4) is 0 Å².